The van der Waals surface area contributed by atoms with Gasteiger partial charge in [-0.3, -0.25) is 4.18 Å². The fourth-order valence-electron chi connectivity index (χ4n) is 4.27. The molecule has 1 saturated heterocycles. The van der Waals surface area contributed by atoms with Crippen LogP contribution in [0.15, 0.2) is 71.6 Å². The second-order valence-corrected chi connectivity index (χ2v) is 11.1. The number of ether oxygens (including phenoxy) is 2. The Hall–Kier alpha value is -2.42. The summed E-state index contributed by atoms with van der Waals surface area (Å²) in [5, 5.41) is 11.1. The lowest BCUT2D eigenvalue weighted by Gasteiger charge is -2.33. The number of halogens is 1. The number of hydrogen-bond donors (Lipinski definition) is 1. The van der Waals surface area contributed by atoms with Crippen LogP contribution in [0.3, 0.4) is 0 Å². The van der Waals surface area contributed by atoms with Gasteiger partial charge in [-0.2, -0.15) is 8.42 Å². The highest BCUT2D eigenvalue weighted by Crippen LogP contribution is 2.34. The molecule has 0 amide bonds. The zero-order valence-corrected chi connectivity index (χ0v) is 22.0. The van der Waals surface area contributed by atoms with Gasteiger partial charge in [0.25, 0.3) is 10.1 Å². The van der Waals surface area contributed by atoms with E-state index < -0.39 is 28.4 Å². The fraction of sp³-hybridized carbons (Fsp3) is 0.357. The third-order valence-corrected chi connectivity index (χ3v) is 7.83. The second-order valence-electron chi connectivity index (χ2n) is 9.03. The van der Waals surface area contributed by atoms with Crippen molar-refractivity contribution in [3.63, 3.8) is 0 Å². The van der Waals surface area contributed by atoms with Gasteiger partial charge >= 0.3 is 0 Å². The summed E-state index contributed by atoms with van der Waals surface area (Å²) >= 11 is 6.49. The van der Waals surface area contributed by atoms with Crippen molar-refractivity contribution in [3.05, 3.63) is 94.0 Å². The maximum absolute atomic E-state index is 12.6. The number of aryl methyl sites for hydroxylation is 1. The van der Waals surface area contributed by atoms with Gasteiger partial charge < -0.3 is 14.6 Å². The van der Waals surface area contributed by atoms with Crippen LogP contribution < -0.4 is 4.74 Å². The molecule has 3 atom stereocenters. The lowest BCUT2D eigenvalue weighted by atomic mass is 9.94. The van der Waals surface area contributed by atoms with Gasteiger partial charge in [0.2, 0.25) is 0 Å². The molecule has 3 aromatic carbocycles. The number of hydrogen-bond acceptors (Lipinski definition) is 6. The highest BCUT2D eigenvalue weighted by molar-refractivity contribution is 7.86. The van der Waals surface area contributed by atoms with E-state index in [0.29, 0.717) is 30.9 Å². The van der Waals surface area contributed by atoms with Crippen LogP contribution in [0.1, 0.15) is 48.1 Å². The Balaban J connectivity index is 1.43. The van der Waals surface area contributed by atoms with E-state index in [0.717, 1.165) is 28.0 Å². The molecule has 1 aliphatic heterocycles. The molecule has 0 spiro atoms. The van der Waals surface area contributed by atoms with Crippen LogP contribution in [0.4, 0.5) is 0 Å². The van der Waals surface area contributed by atoms with Gasteiger partial charge in [0.05, 0.1) is 36.4 Å². The van der Waals surface area contributed by atoms with Crippen LogP contribution in [-0.2, 0) is 25.5 Å². The van der Waals surface area contributed by atoms with Gasteiger partial charge in [-0.25, -0.2) is 0 Å². The van der Waals surface area contributed by atoms with E-state index in [2.05, 4.69) is 0 Å². The smallest absolute Gasteiger partial charge is 0.297 e. The van der Waals surface area contributed by atoms with E-state index in [1.807, 2.05) is 56.3 Å². The van der Waals surface area contributed by atoms with Gasteiger partial charge in [-0.1, -0.05) is 53.6 Å². The summed E-state index contributed by atoms with van der Waals surface area (Å²) in [4.78, 5) is 0.0950. The first-order chi connectivity index (χ1) is 17.2. The van der Waals surface area contributed by atoms with Crippen molar-refractivity contribution in [3.8, 4) is 5.75 Å². The predicted molar refractivity (Wildman–Crippen MR) is 139 cm³/mol. The fourth-order valence-corrected chi connectivity index (χ4v) is 5.39. The van der Waals surface area contributed by atoms with Crippen LogP contribution in [0, 0.1) is 6.92 Å². The molecule has 4 rings (SSSR count). The first kappa shape index (κ1) is 26.6. The number of aliphatic hydroxyl groups is 1. The van der Waals surface area contributed by atoms with Gasteiger partial charge in [0, 0.05) is 17.9 Å². The Morgan fingerprint density at radius 1 is 1.03 bits per heavy atom. The van der Waals surface area contributed by atoms with E-state index in [4.69, 9.17) is 25.3 Å². The summed E-state index contributed by atoms with van der Waals surface area (Å²) in [5.74, 6) is 0.823. The zero-order valence-electron chi connectivity index (χ0n) is 20.4. The van der Waals surface area contributed by atoms with Crippen molar-refractivity contribution in [1.29, 1.82) is 0 Å². The molecule has 3 aromatic rings. The van der Waals surface area contributed by atoms with E-state index >= 15 is 0 Å². The lowest BCUT2D eigenvalue weighted by molar-refractivity contribution is -0.110. The Bertz CT molecular complexity index is 1260. The SMILES string of the molecule is CCOc1ccc(Cc2cc([C@H]3C[C@@H](O)C[C@@H](COS(=O)(=O)c4ccc(C)cc4)O3)ccc2Cl)cc1. The molecule has 1 heterocycles. The molecule has 0 aromatic heterocycles. The van der Waals surface area contributed by atoms with Gasteiger partial charge in [-0.05, 0) is 67.3 Å². The molecule has 8 heteroatoms. The molecule has 0 radical (unpaired) electrons. The molecule has 0 bridgehead atoms. The van der Waals surface area contributed by atoms with Gasteiger partial charge in [-0.15, -0.1) is 0 Å². The Kier molecular flexibility index (Phi) is 8.70. The predicted octanol–water partition coefficient (Wildman–Crippen LogP) is 5.62. The Morgan fingerprint density at radius 2 is 1.75 bits per heavy atom. The summed E-state index contributed by atoms with van der Waals surface area (Å²) < 4.78 is 42.1. The third kappa shape index (κ3) is 6.87. The van der Waals surface area contributed by atoms with Crippen molar-refractivity contribution < 1.29 is 27.2 Å². The Labute approximate surface area is 217 Å². The van der Waals surface area contributed by atoms with Crippen LogP contribution >= 0.6 is 11.6 Å². The average molecular weight is 531 g/mol. The third-order valence-electron chi connectivity index (χ3n) is 6.17. The summed E-state index contributed by atoms with van der Waals surface area (Å²) in [5.41, 5.74) is 3.87. The molecule has 36 heavy (non-hydrogen) atoms. The minimum Gasteiger partial charge on any atom is -0.494 e. The van der Waals surface area contributed by atoms with Crippen LogP contribution in [0.2, 0.25) is 5.02 Å². The number of benzene rings is 3. The summed E-state index contributed by atoms with van der Waals surface area (Å²) in [7, 11) is -3.92. The largest absolute Gasteiger partial charge is 0.494 e. The standard InChI is InChI=1S/C28H31ClO6S/c1-3-33-24-9-6-20(7-10-24)14-22-15-21(8-13-27(22)29)28-17-23(30)16-25(35-28)18-34-36(31,32)26-11-4-19(2)5-12-26/h4-13,15,23,25,28,30H,3,14,16-18H2,1-2H3/t23-,25-,28+/m0/s1. The normalized spacial score (nSPS) is 20.3. The Morgan fingerprint density at radius 3 is 2.44 bits per heavy atom. The first-order valence-electron chi connectivity index (χ1n) is 12.0. The molecular weight excluding hydrogens is 500 g/mol. The maximum atomic E-state index is 12.6. The summed E-state index contributed by atoms with van der Waals surface area (Å²) in [6.07, 6.45) is -0.261. The van der Waals surface area contributed by atoms with Crippen LogP contribution in [-0.4, -0.2) is 38.9 Å². The van der Waals surface area contributed by atoms with Gasteiger partial charge in [0.15, 0.2) is 0 Å². The van der Waals surface area contributed by atoms with Crippen molar-refractivity contribution in [2.24, 2.45) is 0 Å². The minimum atomic E-state index is -3.92. The second kappa shape index (κ2) is 11.8. The van der Waals surface area contributed by atoms with E-state index in [1.165, 1.54) is 12.1 Å². The molecular formula is C28H31ClO6S. The molecule has 192 valence electrons. The maximum Gasteiger partial charge on any atom is 0.297 e. The van der Waals surface area contributed by atoms with Crippen molar-refractivity contribution >= 4 is 21.7 Å². The average Bonchev–Trinajstić information content (AvgIpc) is 2.85. The highest BCUT2D eigenvalue weighted by atomic mass is 35.5. The van der Waals surface area contributed by atoms with Crippen molar-refractivity contribution in [1.82, 2.24) is 0 Å². The van der Waals surface area contributed by atoms with Gasteiger partial charge in [0.1, 0.15) is 5.75 Å². The van der Waals surface area contributed by atoms with Crippen LogP contribution in [0.25, 0.3) is 0 Å². The summed E-state index contributed by atoms with van der Waals surface area (Å²) in [6.45, 7) is 4.28. The molecule has 1 N–H and O–H groups in total. The number of aliphatic hydroxyl groups excluding tert-OH is 1. The number of rotatable bonds is 9. The monoisotopic (exact) mass is 530 g/mol. The first-order valence-corrected chi connectivity index (χ1v) is 13.8. The van der Waals surface area contributed by atoms with E-state index in [1.54, 1.807) is 12.1 Å². The van der Waals surface area contributed by atoms with Crippen molar-refractivity contribution in [2.45, 2.75) is 56.3 Å². The lowest BCUT2D eigenvalue weighted by Crippen LogP contribution is -2.35. The molecule has 0 aliphatic carbocycles. The topological polar surface area (TPSA) is 82.1 Å². The molecule has 1 fully saturated rings. The molecule has 0 saturated carbocycles. The zero-order chi connectivity index (χ0) is 25.7. The molecule has 6 nitrogen and oxygen atoms in total. The molecule has 0 unspecified atom stereocenters. The highest BCUT2D eigenvalue weighted by Gasteiger charge is 2.31. The van der Waals surface area contributed by atoms with E-state index in [-0.39, 0.29) is 11.5 Å². The quantitative estimate of drug-likeness (QED) is 0.361. The minimum absolute atomic E-state index is 0.0950. The van der Waals surface area contributed by atoms with E-state index in [9.17, 15) is 13.5 Å². The molecule has 1 aliphatic rings. The summed E-state index contributed by atoms with van der Waals surface area (Å²) in [6, 6.07) is 20.1. The van der Waals surface area contributed by atoms with Crippen molar-refractivity contribution in [2.75, 3.05) is 13.2 Å². The van der Waals surface area contributed by atoms with Crippen LogP contribution in [0.5, 0.6) is 5.75 Å².